The van der Waals surface area contributed by atoms with E-state index in [1.54, 1.807) is 0 Å². The van der Waals surface area contributed by atoms with Crippen LogP contribution < -0.4 is 0 Å². The summed E-state index contributed by atoms with van der Waals surface area (Å²) in [6, 6.07) is 10.1. The van der Waals surface area contributed by atoms with Gasteiger partial charge in [0.15, 0.2) is 5.78 Å². The highest BCUT2D eigenvalue weighted by molar-refractivity contribution is 6.06. The second-order valence-corrected chi connectivity index (χ2v) is 5.40. The number of esters is 1. The first-order valence-corrected chi connectivity index (χ1v) is 6.85. The summed E-state index contributed by atoms with van der Waals surface area (Å²) in [6.07, 6.45) is 2.11. The van der Waals surface area contributed by atoms with E-state index in [0.29, 0.717) is 12.0 Å². The molecule has 0 aromatic heterocycles. The Labute approximate surface area is 119 Å². The monoisotopic (exact) mass is 272 g/mol. The smallest absolute Gasteiger partial charge is 0.323 e. The van der Waals surface area contributed by atoms with Gasteiger partial charge in [0.1, 0.15) is 5.41 Å². The molecule has 3 heteroatoms. The molecule has 0 heterocycles. The molecule has 106 valence electrons. The maximum atomic E-state index is 12.1. The molecule has 0 aliphatic heterocycles. The number of hydrogen-bond donors (Lipinski definition) is 0. The van der Waals surface area contributed by atoms with Crippen molar-refractivity contribution in [2.24, 2.45) is 11.3 Å². The molecule has 0 bridgehead atoms. The molecule has 1 aliphatic carbocycles. The molecular weight excluding hydrogens is 252 g/mol. The van der Waals surface area contributed by atoms with Crippen molar-refractivity contribution < 1.29 is 14.3 Å². The molecule has 0 radical (unpaired) electrons. The number of ketones is 1. The Kier molecular flexibility index (Phi) is 4.07. The van der Waals surface area contributed by atoms with E-state index in [0.717, 1.165) is 12.8 Å². The van der Waals surface area contributed by atoms with Crippen LogP contribution in [0.1, 0.15) is 25.3 Å². The van der Waals surface area contributed by atoms with Gasteiger partial charge in [-0.3, -0.25) is 9.59 Å². The Morgan fingerprint density at radius 1 is 1.35 bits per heavy atom. The average molecular weight is 272 g/mol. The summed E-state index contributed by atoms with van der Waals surface area (Å²) in [5.41, 5.74) is 0.775. The number of carbonyl (C=O) groups excluding carboxylic acids is 2. The average Bonchev–Trinajstić information content (AvgIpc) is 2.78. The number of hydrogen-bond acceptors (Lipinski definition) is 3. The number of methoxy groups -OCH3 is 1. The van der Waals surface area contributed by atoms with Crippen LogP contribution in [0, 0.1) is 11.3 Å². The summed E-state index contributed by atoms with van der Waals surface area (Å²) in [4.78, 5) is 24.1. The Morgan fingerprint density at radius 2 is 2.00 bits per heavy atom. The third-order valence-electron chi connectivity index (χ3n) is 4.37. The van der Waals surface area contributed by atoms with Gasteiger partial charge in [-0.15, -0.1) is 0 Å². The fraction of sp³-hybridized carbons (Fsp3) is 0.412. The fourth-order valence-corrected chi connectivity index (χ4v) is 3.15. The summed E-state index contributed by atoms with van der Waals surface area (Å²) in [5, 5.41) is 0. The van der Waals surface area contributed by atoms with E-state index in [9.17, 15) is 9.59 Å². The van der Waals surface area contributed by atoms with E-state index in [1.807, 2.05) is 18.2 Å². The zero-order chi connectivity index (χ0) is 14.8. The molecule has 20 heavy (non-hydrogen) atoms. The number of rotatable bonds is 4. The Balaban J connectivity index is 2.23. The van der Waals surface area contributed by atoms with Crippen LogP contribution in [0.25, 0.3) is 0 Å². The van der Waals surface area contributed by atoms with Crippen LogP contribution in [0.5, 0.6) is 0 Å². The van der Waals surface area contributed by atoms with E-state index < -0.39 is 11.4 Å². The normalized spacial score (nSPS) is 25.5. The van der Waals surface area contributed by atoms with E-state index >= 15 is 0 Å². The van der Waals surface area contributed by atoms with E-state index in [-0.39, 0.29) is 11.7 Å². The molecule has 0 spiro atoms. The molecule has 3 nitrogen and oxygen atoms in total. The lowest BCUT2D eigenvalue weighted by atomic mass is 9.77. The van der Waals surface area contributed by atoms with Crippen molar-refractivity contribution in [3.05, 3.63) is 48.0 Å². The van der Waals surface area contributed by atoms with Crippen molar-refractivity contribution in [1.82, 2.24) is 0 Å². The highest BCUT2D eigenvalue weighted by atomic mass is 16.5. The van der Waals surface area contributed by atoms with Gasteiger partial charge in [-0.25, -0.2) is 0 Å². The molecular formula is C17H20O3. The topological polar surface area (TPSA) is 43.4 Å². The molecule has 1 aromatic carbocycles. The molecule has 0 N–H and O–H groups in total. The second kappa shape index (κ2) is 5.61. The Morgan fingerprint density at radius 3 is 2.55 bits per heavy atom. The quantitative estimate of drug-likeness (QED) is 0.481. The van der Waals surface area contributed by atoms with Crippen LogP contribution in [0.15, 0.2) is 42.5 Å². The summed E-state index contributed by atoms with van der Waals surface area (Å²) in [7, 11) is 1.32. The van der Waals surface area contributed by atoms with Crippen LogP contribution in [0.4, 0.5) is 0 Å². The minimum absolute atomic E-state index is 0.153. The van der Waals surface area contributed by atoms with Crippen molar-refractivity contribution in [3.63, 3.8) is 0 Å². The molecule has 2 rings (SSSR count). The minimum atomic E-state index is -1.13. The summed E-state index contributed by atoms with van der Waals surface area (Å²) in [5.74, 6) is -0.476. The summed E-state index contributed by atoms with van der Waals surface area (Å²) in [6.45, 7) is 5.51. The first-order valence-electron chi connectivity index (χ1n) is 6.85. The van der Waals surface area contributed by atoms with Gasteiger partial charge >= 0.3 is 5.97 Å². The van der Waals surface area contributed by atoms with Gasteiger partial charge in [0.2, 0.25) is 0 Å². The summed E-state index contributed by atoms with van der Waals surface area (Å²) < 4.78 is 4.85. The van der Waals surface area contributed by atoms with Gasteiger partial charge in [-0.05, 0) is 43.2 Å². The molecule has 0 unspecified atom stereocenters. The maximum Gasteiger partial charge on any atom is 0.323 e. The molecule has 1 fully saturated rings. The van der Waals surface area contributed by atoms with Gasteiger partial charge in [0.05, 0.1) is 7.11 Å². The first kappa shape index (κ1) is 14.5. The lowest BCUT2D eigenvalue weighted by molar-refractivity contribution is -0.154. The number of Topliss-reactive ketones (excluding diaryl/α,β-unsaturated/α-hetero) is 1. The molecule has 0 amide bonds. The van der Waals surface area contributed by atoms with Gasteiger partial charge in [0.25, 0.3) is 0 Å². The Bertz CT molecular complexity index is 532. The van der Waals surface area contributed by atoms with E-state index in [1.165, 1.54) is 19.6 Å². The van der Waals surface area contributed by atoms with Crippen LogP contribution in [0.3, 0.4) is 0 Å². The molecule has 0 saturated heterocycles. The minimum Gasteiger partial charge on any atom is -0.468 e. The number of benzene rings is 1. The van der Waals surface area contributed by atoms with Crippen molar-refractivity contribution in [1.29, 1.82) is 0 Å². The summed E-state index contributed by atoms with van der Waals surface area (Å²) >= 11 is 0. The first-order chi connectivity index (χ1) is 9.52. The number of ether oxygens (including phenoxy) is 1. The van der Waals surface area contributed by atoms with E-state index in [4.69, 9.17) is 4.74 Å². The van der Waals surface area contributed by atoms with Crippen molar-refractivity contribution in [2.45, 2.75) is 26.2 Å². The predicted molar refractivity (Wildman–Crippen MR) is 77.1 cm³/mol. The zero-order valence-electron chi connectivity index (χ0n) is 12.0. The molecule has 1 aromatic rings. The van der Waals surface area contributed by atoms with E-state index in [2.05, 4.69) is 18.7 Å². The van der Waals surface area contributed by atoms with Crippen molar-refractivity contribution in [3.8, 4) is 0 Å². The van der Waals surface area contributed by atoms with Gasteiger partial charge in [0, 0.05) is 0 Å². The SMILES string of the molecule is C=C1[C@@H](Cc2ccccc2)CC[C@@]1(C(C)=O)C(=O)OC. The van der Waals surface area contributed by atoms with Gasteiger partial charge in [-0.2, -0.15) is 0 Å². The fourth-order valence-electron chi connectivity index (χ4n) is 3.15. The predicted octanol–water partition coefficient (Wildman–Crippen LogP) is 2.94. The van der Waals surface area contributed by atoms with Crippen molar-refractivity contribution >= 4 is 11.8 Å². The Hall–Kier alpha value is -1.90. The largest absolute Gasteiger partial charge is 0.468 e. The maximum absolute atomic E-state index is 12.1. The van der Waals surface area contributed by atoms with Gasteiger partial charge < -0.3 is 4.74 Å². The molecule has 1 saturated carbocycles. The van der Waals surface area contributed by atoms with Gasteiger partial charge in [-0.1, -0.05) is 36.9 Å². The second-order valence-electron chi connectivity index (χ2n) is 5.40. The number of carbonyl (C=O) groups is 2. The van der Waals surface area contributed by atoms with Crippen LogP contribution in [-0.4, -0.2) is 18.9 Å². The third-order valence-corrected chi connectivity index (χ3v) is 4.37. The third kappa shape index (κ3) is 2.28. The molecule has 2 atom stereocenters. The van der Waals surface area contributed by atoms with Crippen LogP contribution >= 0.6 is 0 Å². The van der Waals surface area contributed by atoms with Crippen molar-refractivity contribution in [2.75, 3.05) is 7.11 Å². The van der Waals surface area contributed by atoms with Crippen LogP contribution in [0.2, 0.25) is 0 Å². The highest BCUT2D eigenvalue weighted by Gasteiger charge is 2.53. The lowest BCUT2D eigenvalue weighted by Gasteiger charge is -2.25. The lowest BCUT2D eigenvalue weighted by Crippen LogP contribution is -2.38. The highest BCUT2D eigenvalue weighted by Crippen LogP contribution is 2.48. The zero-order valence-corrected chi connectivity index (χ0v) is 12.0. The van der Waals surface area contributed by atoms with Crippen LogP contribution in [-0.2, 0) is 20.7 Å². The standard InChI is InChI=1S/C17H20O3/c1-12-15(11-14-7-5-4-6-8-14)9-10-17(12,13(2)18)16(19)20-3/h4-8,15H,1,9-11H2,2-3H3/t15-,17-/m1/s1. The molecule has 1 aliphatic rings.